The molecule has 0 bridgehead atoms. The molecular weight excluding hydrogens is 380 g/mol. The summed E-state index contributed by atoms with van der Waals surface area (Å²) in [5, 5.41) is 14.0. The van der Waals surface area contributed by atoms with Crippen LogP contribution in [-0.2, 0) is 11.3 Å². The minimum Gasteiger partial charge on any atom is -0.343 e. The molecule has 0 fully saturated rings. The van der Waals surface area contributed by atoms with Crippen LogP contribution in [-0.4, -0.2) is 50.0 Å². The minimum absolute atomic E-state index is 0.124. The van der Waals surface area contributed by atoms with Crippen LogP contribution in [0.5, 0.6) is 0 Å². The number of nitrogens with zero attached hydrogens (tertiary/aromatic N) is 5. The molecule has 0 saturated carbocycles. The van der Waals surface area contributed by atoms with Crippen molar-refractivity contribution >= 4 is 23.4 Å². The zero-order valence-corrected chi connectivity index (χ0v) is 16.0. The number of carbonyl (C=O) groups excluding carboxylic acids is 2. The molecule has 0 radical (unpaired) electrons. The number of amides is 2. The Morgan fingerprint density at radius 3 is 2.64 bits per heavy atom. The van der Waals surface area contributed by atoms with Gasteiger partial charge < -0.3 is 10.2 Å². The van der Waals surface area contributed by atoms with Crippen LogP contribution in [0.4, 0.5) is 0 Å². The molecular formula is C19H19ClN6O2. The quantitative estimate of drug-likeness (QED) is 0.657. The number of aromatic nitrogens is 4. The lowest BCUT2D eigenvalue weighted by Crippen LogP contribution is -2.40. The van der Waals surface area contributed by atoms with Crippen LogP contribution < -0.4 is 5.32 Å². The van der Waals surface area contributed by atoms with Crippen molar-refractivity contribution in [1.29, 1.82) is 0 Å². The summed E-state index contributed by atoms with van der Waals surface area (Å²) < 4.78 is 1.36. The zero-order chi connectivity index (χ0) is 19.9. The van der Waals surface area contributed by atoms with Gasteiger partial charge in [-0.1, -0.05) is 41.9 Å². The molecule has 0 spiro atoms. The highest BCUT2D eigenvalue weighted by Crippen LogP contribution is 2.19. The van der Waals surface area contributed by atoms with E-state index in [0.717, 1.165) is 5.56 Å². The summed E-state index contributed by atoms with van der Waals surface area (Å²) in [6.45, 7) is 2.80. The lowest BCUT2D eigenvalue weighted by atomic mass is 10.1. The van der Waals surface area contributed by atoms with Gasteiger partial charge in [0, 0.05) is 18.1 Å². The number of nitrogens with one attached hydrogen (secondary N) is 1. The second-order valence-corrected chi connectivity index (χ2v) is 6.43. The first-order valence-electron chi connectivity index (χ1n) is 8.71. The predicted octanol–water partition coefficient (Wildman–Crippen LogP) is 2.09. The maximum absolute atomic E-state index is 12.7. The zero-order valence-electron chi connectivity index (χ0n) is 15.2. The number of benzene rings is 2. The van der Waals surface area contributed by atoms with Gasteiger partial charge in [-0.3, -0.25) is 9.59 Å². The first-order valence-corrected chi connectivity index (χ1v) is 9.09. The van der Waals surface area contributed by atoms with Crippen molar-refractivity contribution in [1.82, 2.24) is 30.4 Å². The van der Waals surface area contributed by atoms with E-state index in [1.165, 1.54) is 17.1 Å². The van der Waals surface area contributed by atoms with Gasteiger partial charge >= 0.3 is 0 Å². The molecule has 0 saturated heterocycles. The Morgan fingerprint density at radius 2 is 1.96 bits per heavy atom. The number of hydrogen-bond acceptors (Lipinski definition) is 5. The van der Waals surface area contributed by atoms with Crippen molar-refractivity contribution < 1.29 is 9.59 Å². The smallest absolute Gasteiger partial charge is 0.253 e. The largest absolute Gasteiger partial charge is 0.343 e. The molecule has 2 amide bonds. The van der Waals surface area contributed by atoms with Crippen LogP contribution in [0.2, 0.25) is 5.02 Å². The SMILES string of the molecule is CCN(Cc1ccccc1)C(=O)CNC(=O)c1cc(Cl)ccc1-n1cnnn1. The molecule has 28 heavy (non-hydrogen) atoms. The summed E-state index contributed by atoms with van der Waals surface area (Å²) in [4.78, 5) is 26.9. The molecule has 0 atom stereocenters. The Hall–Kier alpha value is -3.26. The van der Waals surface area contributed by atoms with Crippen molar-refractivity contribution in [2.75, 3.05) is 13.1 Å². The van der Waals surface area contributed by atoms with E-state index in [9.17, 15) is 9.59 Å². The predicted molar refractivity (Wildman–Crippen MR) is 104 cm³/mol. The van der Waals surface area contributed by atoms with Gasteiger partial charge in [-0.25, -0.2) is 0 Å². The molecule has 0 aliphatic carbocycles. The fourth-order valence-electron chi connectivity index (χ4n) is 2.70. The molecule has 9 heteroatoms. The molecule has 0 aliphatic heterocycles. The highest BCUT2D eigenvalue weighted by atomic mass is 35.5. The van der Waals surface area contributed by atoms with Crippen molar-refractivity contribution in [3.05, 3.63) is 71.0 Å². The lowest BCUT2D eigenvalue weighted by molar-refractivity contribution is -0.130. The minimum atomic E-state index is -0.433. The van der Waals surface area contributed by atoms with Gasteiger partial charge in [0.15, 0.2) is 0 Å². The van der Waals surface area contributed by atoms with Gasteiger partial charge in [0.2, 0.25) is 5.91 Å². The second-order valence-electron chi connectivity index (χ2n) is 5.99. The summed E-state index contributed by atoms with van der Waals surface area (Å²) in [7, 11) is 0. The summed E-state index contributed by atoms with van der Waals surface area (Å²) in [6, 6.07) is 14.5. The number of tetrazole rings is 1. The Balaban J connectivity index is 1.68. The maximum atomic E-state index is 12.7. The monoisotopic (exact) mass is 398 g/mol. The molecule has 0 unspecified atom stereocenters. The average molecular weight is 399 g/mol. The standard InChI is InChI=1S/C19H19ClN6O2/c1-2-25(12-14-6-4-3-5-7-14)18(27)11-21-19(28)16-10-15(20)8-9-17(16)26-13-22-23-24-26/h3-10,13H,2,11-12H2,1H3,(H,21,28). The van der Waals surface area contributed by atoms with Crippen LogP contribution in [0.3, 0.4) is 0 Å². The highest BCUT2D eigenvalue weighted by molar-refractivity contribution is 6.31. The van der Waals surface area contributed by atoms with Gasteiger partial charge in [0.05, 0.1) is 17.8 Å². The number of hydrogen-bond donors (Lipinski definition) is 1. The summed E-state index contributed by atoms with van der Waals surface area (Å²) in [6.07, 6.45) is 1.38. The Morgan fingerprint density at radius 1 is 1.18 bits per heavy atom. The van der Waals surface area contributed by atoms with E-state index in [2.05, 4.69) is 20.8 Å². The fourth-order valence-corrected chi connectivity index (χ4v) is 2.88. The van der Waals surface area contributed by atoms with Gasteiger partial charge in [-0.05, 0) is 41.1 Å². The highest BCUT2D eigenvalue weighted by Gasteiger charge is 2.18. The van der Waals surface area contributed by atoms with E-state index >= 15 is 0 Å². The van der Waals surface area contributed by atoms with Crippen molar-refractivity contribution in [2.24, 2.45) is 0 Å². The normalized spacial score (nSPS) is 10.5. The van der Waals surface area contributed by atoms with Crippen LogP contribution in [0, 0.1) is 0 Å². The maximum Gasteiger partial charge on any atom is 0.253 e. The molecule has 8 nitrogen and oxygen atoms in total. The molecule has 3 aromatic rings. The molecule has 1 heterocycles. The third-order valence-corrected chi connectivity index (χ3v) is 4.39. The van der Waals surface area contributed by atoms with E-state index in [4.69, 9.17) is 11.6 Å². The van der Waals surface area contributed by atoms with Gasteiger partial charge in [-0.15, -0.1) is 5.10 Å². The summed E-state index contributed by atoms with van der Waals surface area (Å²) in [5.74, 6) is -0.609. The lowest BCUT2D eigenvalue weighted by Gasteiger charge is -2.21. The van der Waals surface area contributed by atoms with Gasteiger partial charge in [-0.2, -0.15) is 4.68 Å². The fraction of sp³-hybridized carbons (Fsp3) is 0.211. The van der Waals surface area contributed by atoms with E-state index in [-0.39, 0.29) is 18.0 Å². The number of likely N-dealkylation sites (N-methyl/N-ethyl adjacent to an activating group) is 1. The van der Waals surface area contributed by atoms with Crippen LogP contribution >= 0.6 is 11.6 Å². The molecule has 1 aromatic heterocycles. The third kappa shape index (κ3) is 4.72. The molecule has 0 aliphatic rings. The van der Waals surface area contributed by atoms with E-state index < -0.39 is 5.91 Å². The Bertz CT molecular complexity index is 946. The van der Waals surface area contributed by atoms with E-state index in [1.54, 1.807) is 17.0 Å². The Labute approximate surface area is 167 Å². The summed E-state index contributed by atoms with van der Waals surface area (Å²) in [5.41, 5.74) is 1.77. The molecule has 3 rings (SSSR count). The van der Waals surface area contributed by atoms with Gasteiger partial charge in [0.25, 0.3) is 5.91 Å². The number of halogens is 1. The summed E-state index contributed by atoms with van der Waals surface area (Å²) >= 11 is 6.03. The van der Waals surface area contributed by atoms with Crippen LogP contribution in [0.25, 0.3) is 5.69 Å². The van der Waals surface area contributed by atoms with Crippen molar-refractivity contribution in [3.63, 3.8) is 0 Å². The third-order valence-electron chi connectivity index (χ3n) is 4.15. The van der Waals surface area contributed by atoms with E-state index in [1.807, 2.05) is 37.3 Å². The second kappa shape index (κ2) is 9.09. The van der Waals surface area contributed by atoms with Gasteiger partial charge in [0.1, 0.15) is 6.33 Å². The number of carbonyl (C=O) groups is 2. The van der Waals surface area contributed by atoms with Crippen molar-refractivity contribution in [3.8, 4) is 5.69 Å². The molecule has 2 aromatic carbocycles. The van der Waals surface area contributed by atoms with Crippen molar-refractivity contribution in [2.45, 2.75) is 13.5 Å². The average Bonchev–Trinajstić information content (AvgIpc) is 3.25. The molecule has 1 N–H and O–H groups in total. The first-order chi connectivity index (χ1) is 13.6. The Kier molecular flexibility index (Phi) is 6.33. The topological polar surface area (TPSA) is 93.0 Å². The van der Waals surface area contributed by atoms with Crippen LogP contribution in [0.15, 0.2) is 54.9 Å². The first kappa shape index (κ1) is 19.5. The number of rotatable bonds is 7. The van der Waals surface area contributed by atoms with Crippen LogP contribution in [0.1, 0.15) is 22.8 Å². The molecule has 144 valence electrons. The van der Waals surface area contributed by atoms with E-state index in [0.29, 0.717) is 23.8 Å².